The first-order chi connectivity index (χ1) is 12.0. The van der Waals surface area contributed by atoms with Gasteiger partial charge < -0.3 is 0 Å². The highest BCUT2D eigenvalue weighted by Crippen LogP contribution is 2.44. The van der Waals surface area contributed by atoms with Crippen LogP contribution in [0.25, 0.3) is 10.9 Å². The first-order valence-electron chi connectivity index (χ1n) is 8.65. The minimum atomic E-state index is -4.25. The molecule has 0 aliphatic carbocycles. The third-order valence-electron chi connectivity index (χ3n) is 5.81. The van der Waals surface area contributed by atoms with Gasteiger partial charge in [0.1, 0.15) is 5.25 Å². The fraction of sp³-hybridized carbons (Fsp3) is 0.421. The van der Waals surface area contributed by atoms with E-state index in [-0.39, 0.29) is 6.04 Å². The Kier molecular flexibility index (Phi) is 4.14. The summed E-state index contributed by atoms with van der Waals surface area (Å²) in [6.07, 6.45) is 5.43. The fourth-order valence-electron chi connectivity index (χ4n) is 4.62. The van der Waals surface area contributed by atoms with E-state index in [1.807, 2.05) is 30.3 Å². The molecule has 2 bridgehead atoms. The SMILES string of the molecule is C=CC1CN2CCC1CC2[C@H](c1ccnc2ccccc12)S(=O)(=O)O. The van der Waals surface area contributed by atoms with Gasteiger partial charge in [0.15, 0.2) is 0 Å². The van der Waals surface area contributed by atoms with Gasteiger partial charge in [-0.3, -0.25) is 14.4 Å². The third-order valence-corrected chi connectivity index (χ3v) is 7.02. The number of benzene rings is 1. The smallest absolute Gasteiger partial charge is 0.273 e. The molecule has 4 unspecified atom stereocenters. The summed E-state index contributed by atoms with van der Waals surface area (Å²) in [4.78, 5) is 6.53. The summed E-state index contributed by atoms with van der Waals surface area (Å²) in [5.41, 5.74) is 1.38. The minimum absolute atomic E-state index is 0.212. The summed E-state index contributed by atoms with van der Waals surface area (Å²) in [6, 6.07) is 9.00. The predicted octanol–water partition coefficient (Wildman–Crippen LogP) is 3.06. The Morgan fingerprint density at radius 2 is 2.12 bits per heavy atom. The molecule has 0 saturated carbocycles. The Bertz CT molecular complexity index is 907. The van der Waals surface area contributed by atoms with Crippen molar-refractivity contribution in [2.45, 2.75) is 24.1 Å². The number of nitrogens with zero attached hydrogens (tertiary/aromatic N) is 2. The molecule has 0 amide bonds. The highest BCUT2D eigenvalue weighted by atomic mass is 32.2. The van der Waals surface area contributed by atoms with E-state index in [2.05, 4.69) is 16.5 Å². The lowest BCUT2D eigenvalue weighted by molar-refractivity contribution is 0.0162. The molecule has 4 heterocycles. The van der Waals surface area contributed by atoms with Crippen LogP contribution in [-0.4, -0.2) is 42.0 Å². The van der Waals surface area contributed by atoms with Crippen molar-refractivity contribution in [3.63, 3.8) is 0 Å². The van der Waals surface area contributed by atoms with Crippen LogP contribution in [0.4, 0.5) is 0 Å². The maximum absolute atomic E-state index is 12.4. The lowest BCUT2D eigenvalue weighted by Crippen LogP contribution is -2.55. The zero-order valence-corrected chi connectivity index (χ0v) is 14.8. The topological polar surface area (TPSA) is 70.5 Å². The van der Waals surface area contributed by atoms with Crippen LogP contribution in [-0.2, 0) is 10.1 Å². The average molecular weight is 358 g/mol. The first kappa shape index (κ1) is 16.7. The number of hydrogen-bond acceptors (Lipinski definition) is 4. The molecular weight excluding hydrogens is 336 g/mol. The summed E-state index contributed by atoms with van der Waals surface area (Å²) in [5.74, 6) is 0.839. The number of pyridine rings is 1. The highest BCUT2D eigenvalue weighted by molar-refractivity contribution is 7.86. The number of aromatic nitrogens is 1. The molecule has 1 N–H and O–H groups in total. The molecule has 132 valence electrons. The van der Waals surface area contributed by atoms with Gasteiger partial charge in [0.25, 0.3) is 10.1 Å². The Morgan fingerprint density at radius 1 is 1.32 bits per heavy atom. The van der Waals surface area contributed by atoms with Crippen LogP contribution in [0.2, 0.25) is 0 Å². The van der Waals surface area contributed by atoms with Crippen molar-refractivity contribution in [2.75, 3.05) is 13.1 Å². The monoisotopic (exact) mass is 358 g/mol. The molecule has 5 nitrogen and oxygen atoms in total. The fourth-order valence-corrected chi connectivity index (χ4v) is 5.83. The zero-order valence-electron chi connectivity index (χ0n) is 14.0. The second kappa shape index (κ2) is 6.20. The van der Waals surface area contributed by atoms with E-state index in [1.165, 1.54) is 0 Å². The Labute approximate surface area is 148 Å². The van der Waals surface area contributed by atoms with E-state index in [1.54, 1.807) is 12.3 Å². The van der Waals surface area contributed by atoms with Gasteiger partial charge in [-0.25, -0.2) is 0 Å². The van der Waals surface area contributed by atoms with Crippen LogP contribution < -0.4 is 0 Å². The van der Waals surface area contributed by atoms with Crippen molar-refractivity contribution in [1.82, 2.24) is 9.88 Å². The van der Waals surface area contributed by atoms with Gasteiger partial charge in [-0.2, -0.15) is 8.42 Å². The molecule has 25 heavy (non-hydrogen) atoms. The second-order valence-electron chi connectivity index (χ2n) is 7.10. The molecule has 6 heteroatoms. The number of para-hydroxylation sites is 1. The standard InChI is InChI=1S/C19H22N2O3S/c1-2-13-12-21-10-8-14(13)11-18(21)19(25(22,23)24)16-7-9-20-17-6-4-3-5-15(16)17/h2-7,9,13-14,18-19H,1,8,10-12H2,(H,22,23,24)/t13?,14?,18?,19-/m0/s1. The maximum Gasteiger partial charge on any atom is 0.273 e. The lowest BCUT2D eigenvalue weighted by Gasteiger charge is -2.51. The van der Waals surface area contributed by atoms with Crippen molar-refractivity contribution >= 4 is 21.0 Å². The lowest BCUT2D eigenvalue weighted by atomic mass is 9.74. The Balaban J connectivity index is 1.82. The van der Waals surface area contributed by atoms with Crippen molar-refractivity contribution < 1.29 is 13.0 Å². The van der Waals surface area contributed by atoms with E-state index in [0.29, 0.717) is 17.4 Å². The van der Waals surface area contributed by atoms with Crippen molar-refractivity contribution in [1.29, 1.82) is 0 Å². The number of rotatable bonds is 4. The van der Waals surface area contributed by atoms with Crippen molar-refractivity contribution in [3.05, 3.63) is 54.7 Å². The molecule has 2 aromatic rings. The highest BCUT2D eigenvalue weighted by Gasteiger charge is 2.46. The molecular formula is C19H22N2O3S. The van der Waals surface area contributed by atoms with Gasteiger partial charge in [-0.1, -0.05) is 24.3 Å². The van der Waals surface area contributed by atoms with Gasteiger partial charge >= 0.3 is 0 Å². The van der Waals surface area contributed by atoms with Crippen molar-refractivity contribution in [3.8, 4) is 0 Å². The van der Waals surface area contributed by atoms with Crippen LogP contribution in [0.3, 0.4) is 0 Å². The third kappa shape index (κ3) is 2.88. The summed E-state index contributed by atoms with van der Waals surface area (Å²) in [6.45, 7) is 5.60. The van der Waals surface area contributed by atoms with E-state index in [9.17, 15) is 13.0 Å². The molecule has 0 spiro atoms. The summed E-state index contributed by atoms with van der Waals surface area (Å²) >= 11 is 0. The molecule has 5 rings (SSSR count). The molecule has 0 radical (unpaired) electrons. The summed E-state index contributed by atoms with van der Waals surface area (Å²) < 4.78 is 34.9. The van der Waals surface area contributed by atoms with Crippen LogP contribution >= 0.6 is 0 Å². The van der Waals surface area contributed by atoms with E-state index in [0.717, 1.165) is 36.8 Å². The van der Waals surface area contributed by atoms with Gasteiger partial charge in [-0.05, 0) is 48.9 Å². The molecule has 3 saturated heterocycles. The van der Waals surface area contributed by atoms with Gasteiger partial charge in [0.05, 0.1) is 5.52 Å². The molecule has 1 aromatic carbocycles. The molecule has 3 aliphatic rings. The van der Waals surface area contributed by atoms with E-state index in [4.69, 9.17) is 0 Å². The van der Waals surface area contributed by atoms with Gasteiger partial charge in [0, 0.05) is 24.2 Å². The van der Waals surface area contributed by atoms with Crippen LogP contribution in [0.5, 0.6) is 0 Å². The van der Waals surface area contributed by atoms with Crippen LogP contribution in [0.15, 0.2) is 49.2 Å². The van der Waals surface area contributed by atoms with E-state index < -0.39 is 15.4 Å². The largest absolute Gasteiger partial charge is 0.298 e. The summed E-state index contributed by atoms with van der Waals surface area (Å²) in [7, 11) is -4.25. The molecule has 3 aliphatic heterocycles. The number of hydrogen-bond donors (Lipinski definition) is 1. The minimum Gasteiger partial charge on any atom is -0.298 e. The number of fused-ring (bicyclic) bond motifs is 4. The first-order valence-corrected chi connectivity index (χ1v) is 10.2. The average Bonchev–Trinajstić information content (AvgIpc) is 2.61. The molecule has 3 fully saturated rings. The Hall–Kier alpha value is -1.76. The molecule has 5 atom stereocenters. The summed E-state index contributed by atoms with van der Waals surface area (Å²) in [5, 5.41) is -0.162. The van der Waals surface area contributed by atoms with Crippen LogP contribution in [0, 0.1) is 11.8 Å². The Morgan fingerprint density at radius 3 is 2.80 bits per heavy atom. The maximum atomic E-state index is 12.4. The van der Waals surface area contributed by atoms with Crippen molar-refractivity contribution in [2.24, 2.45) is 11.8 Å². The van der Waals surface area contributed by atoms with Gasteiger partial charge in [-0.15, -0.1) is 6.58 Å². The zero-order chi connectivity index (χ0) is 17.6. The quantitative estimate of drug-likeness (QED) is 0.672. The van der Waals surface area contributed by atoms with E-state index >= 15 is 0 Å². The normalized spacial score (nSPS) is 30.3. The van der Waals surface area contributed by atoms with Gasteiger partial charge in [0.2, 0.25) is 0 Å². The predicted molar refractivity (Wildman–Crippen MR) is 97.8 cm³/mol. The van der Waals surface area contributed by atoms with Crippen LogP contribution in [0.1, 0.15) is 23.7 Å². The number of piperidine rings is 3. The second-order valence-corrected chi connectivity index (χ2v) is 8.64. The molecule has 1 aromatic heterocycles.